The summed E-state index contributed by atoms with van der Waals surface area (Å²) in [5, 5.41) is 3.00. The van der Waals surface area contributed by atoms with Crippen LogP contribution in [-0.4, -0.2) is 37.6 Å². The molecular formula is C22H22FN3O3S. The van der Waals surface area contributed by atoms with Gasteiger partial charge in [0.05, 0.1) is 18.9 Å². The number of nitrogens with zero attached hydrogens (tertiary/aromatic N) is 2. The fourth-order valence-corrected chi connectivity index (χ4v) is 4.88. The number of benzene rings is 1. The molecule has 0 radical (unpaired) electrons. The molecule has 0 aliphatic carbocycles. The Balaban J connectivity index is 1.83. The molecule has 8 heteroatoms. The van der Waals surface area contributed by atoms with Gasteiger partial charge in [0.15, 0.2) is 0 Å². The third-order valence-corrected chi connectivity index (χ3v) is 6.62. The van der Waals surface area contributed by atoms with E-state index in [9.17, 15) is 12.8 Å². The summed E-state index contributed by atoms with van der Waals surface area (Å²) < 4.78 is 48.0. The Morgan fingerprint density at radius 1 is 1.23 bits per heavy atom. The summed E-state index contributed by atoms with van der Waals surface area (Å²) in [6.07, 6.45) is 7.12. The second kappa shape index (κ2) is 8.51. The lowest BCUT2D eigenvalue weighted by molar-refractivity contribution is 0.161. The minimum absolute atomic E-state index is 0.0524. The number of ether oxygens (including phenoxy) is 1. The van der Waals surface area contributed by atoms with Crippen LogP contribution < -0.4 is 5.32 Å². The minimum atomic E-state index is -3.99. The number of nitrogens with one attached hydrogen (secondary N) is 1. The molecule has 4 rings (SSSR count). The second-order valence-electron chi connectivity index (χ2n) is 7.01. The van der Waals surface area contributed by atoms with Crippen LogP contribution in [0.1, 0.15) is 17.5 Å². The van der Waals surface area contributed by atoms with E-state index in [2.05, 4.69) is 10.3 Å². The molecule has 2 aromatic heterocycles. The zero-order chi connectivity index (χ0) is 21.1. The maximum atomic E-state index is 14.5. The summed E-state index contributed by atoms with van der Waals surface area (Å²) in [6.45, 7) is 1.54. The van der Waals surface area contributed by atoms with Gasteiger partial charge >= 0.3 is 0 Å². The molecule has 6 nitrogen and oxygen atoms in total. The number of pyridine rings is 1. The lowest BCUT2D eigenvalue weighted by Crippen LogP contribution is -2.15. The van der Waals surface area contributed by atoms with Crippen LogP contribution in [0, 0.1) is 5.82 Å². The van der Waals surface area contributed by atoms with Gasteiger partial charge in [-0.25, -0.2) is 16.8 Å². The molecule has 156 valence electrons. The maximum Gasteiger partial charge on any atom is 0.269 e. The molecule has 0 bridgehead atoms. The molecule has 1 aliphatic heterocycles. The van der Waals surface area contributed by atoms with E-state index in [1.165, 1.54) is 18.5 Å². The van der Waals surface area contributed by atoms with E-state index in [1.807, 2.05) is 6.08 Å². The number of rotatable bonds is 6. The van der Waals surface area contributed by atoms with Crippen molar-refractivity contribution in [1.82, 2.24) is 14.3 Å². The molecule has 0 atom stereocenters. The highest BCUT2D eigenvalue weighted by molar-refractivity contribution is 7.90. The van der Waals surface area contributed by atoms with Gasteiger partial charge in [-0.3, -0.25) is 4.98 Å². The van der Waals surface area contributed by atoms with Crippen molar-refractivity contribution in [2.75, 3.05) is 20.3 Å². The van der Waals surface area contributed by atoms with Crippen LogP contribution in [0.25, 0.3) is 16.8 Å². The molecule has 30 heavy (non-hydrogen) atoms. The Labute approximate surface area is 175 Å². The maximum absolute atomic E-state index is 14.5. The summed E-state index contributed by atoms with van der Waals surface area (Å²) in [7, 11) is -2.22. The summed E-state index contributed by atoms with van der Waals surface area (Å²) in [4.78, 5) is 4.21. The van der Waals surface area contributed by atoms with Gasteiger partial charge in [0.2, 0.25) is 0 Å². The molecule has 0 amide bonds. The SMILES string of the molecule is CNCc1cc(-c2ccccc2F)n(S(=O)(=O)c2cncc(C3=CCOCC3)c2)c1. The van der Waals surface area contributed by atoms with Crippen molar-refractivity contribution in [3.8, 4) is 11.3 Å². The van der Waals surface area contributed by atoms with Crippen molar-refractivity contribution in [3.63, 3.8) is 0 Å². The third-order valence-electron chi connectivity index (χ3n) is 4.98. The van der Waals surface area contributed by atoms with Crippen molar-refractivity contribution in [1.29, 1.82) is 0 Å². The number of hydrogen-bond donors (Lipinski definition) is 1. The monoisotopic (exact) mass is 427 g/mol. The number of halogens is 1. The smallest absolute Gasteiger partial charge is 0.269 e. The topological polar surface area (TPSA) is 73.2 Å². The lowest BCUT2D eigenvalue weighted by Gasteiger charge is -2.15. The predicted molar refractivity (Wildman–Crippen MR) is 113 cm³/mol. The average molecular weight is 428 g/mol. The first-order valence-electron chi connectivity index (χ1n) is 9.59. The summed E-state index contributed by atoms with van der Waals surface area (Å²) in [5.74, 6) is -0.484. The highest BCUT2D eigenvalue weighted by Crippen LogP contribution is 2.30. The summed E-state index contributed by atoms with van der Waals surface area (Å²) in [6, 6.07) is 9.44. The quantitative estimate of drug-likeness (QED) is 0.652. The molecule has 0 saturated heterocycles. The zero-order valence-electron chi connectivity index (χ0n) is 16.5. The fraction of sp³-hybridized carbons (Fsp3) is 0.227. The molecule has 0 spiro atoms. The zero-order valence-corrected chi connectivity index (χ0v) is 17.3. The van der Waals surface area contributed by atoms with Gasteiger partial charge in [0, 0.05) is 30.7 Å². The van der Waals surface area contributed by atoms with Gasteiger partial charge in [-0.15, -0.1) is 0 Å². The van der Waals surface area contributed by atoms with E-state index < -0.39 is 15.8 Å². The van der Waals surface area contributed by atoms with Crippen LogP contribution in [0.4, 0.5) is 4.39 Å². The molecule has 3 heterocycles. The van der Waals surface area contributed by atoms with E-state index in [4.69, 9.17) is 4.74 Å². The first kappa shape index (κ1) is 20.5. The Kier molecular flexibility index (Phi) is 5.80. The molecule has 1 N–H and O–H groups in total. The normalized spacial score (nSPS) is 14.5. The first-order valence-corrected chi connectivity index (χ1v) is 11.0. The largest absolute Gasteiger partial charge is 0.377 e. The average Bonchev–Trinajstić information content (AvgIpc) is 3.20. The highest BCUT2D eigenvalue weighted by Gasteiger charge is 2.24. The number of aromatic nitrogens is 2. The highest BCUT2D eigenvalue weighted by atomic mass is 32.2. The number of hydrogen-bond acceptors (Lipinski definition) is 5. The van der Waals surface area contributed by atoms with Gasteiger partial charge in [0.1, 0.15) is 10.7 Å². The van der Waals surface area contributed by atoms with Crippen molar-refractivity contribution in [2.24, 2.45) is 0 Å². The Hall–Kier alpha value is -2.81. The van der Waals surface area contributed by atoms with Crippen molar-refractivity contribution in [3.05, 3.63) is 78.0 Å². The van der Waals surface area contributed by atoms with Crippen LogP contribution in [-0.2, 0) is 21.3 Å². The third kappa shape index (κ3) is 3.94. The molecule has 0 saturated carbocycles. The van der Waals surface area contributed by atoms with Crippen LogP contribution >= 0.6 is 0 Å². The molecule has 3 aromatic rings. The molecule has 0 unspecified atom stereocenters. The van der Waals surface area contributed by atoms with Gasteiger partial charge in [-0.05, 0) is 54.4 Å². The van der Waals surface area contributed by atoms with Gasteiger partial charge in [-0.2, -0.15) is 0 Å². The second-order valence-corrected chi connectivity index (χ2v) is 8.82. The van der Waals surface area contributed by atoms with E-state index >= 15 is 0 Å². The van der Waals surface area contributed by atoms with Gasteiger partial charge < -0.3 is 10.1 Å². The molecular weight excluding hydrogens is 405 g/mol. The van der Waals surface area contributed by atoms with E-state index in [0.717, 1.165) is 20.7 Å². The van der Waals surface area contributed by atoms with Gasteiger partial charge in [-0.1, -0.05) is 18.2 Å². The van der Waals surface area contributed by atoms with Crippen molar-refractivity contribution in [2.45, 2.75) is 17.9 Å². The predicted octanol–water partition coefficient (Wildman–Crippen LogP) is 3.45. The Bertz CT molecular complexity index is 1200. The summed E-state index contributed by atoms with van der Waals surface area (Å²) in [5.41, 5.74) is 2.97. The molecule has 1 aliphatic rings. The van der Waals surface area contributed by atoms with Crippen molar-refractivity contribution < 1.29 is 17.5 Å². The Morgan fingerprint density at radius 3 is 2.80 bits per heavy atom. The van der Waals surface area contributed by atoms with Gasteiger partial charge in [0.25, 0.3) is 10.0 Å². The van der Waals surface area contributed by atoms with E-state index in [-0.39, 0.29) is 16.2 Å². The minimum Gasteiger partial charge on any atom is -0.377 e. The van der Waals surface area contributed by atoms with Crippen LogP contribution in [0.3, 0.4) is 0 Å². The Morgan fingerprint density at radius 2 is 2.07 bits per heavy atom. The molecule has 1 aromatic carbocycles. The lowest BCUT2D eigenvalue weighted by atomic mass is 10.0. The van der Waals surface area contributed by atoms with Crippen LogP contribution in [0.15, 0.2) is 66.0 Å². The van der Waals surface area contributed by atoms with Crippen LogP contribution in [0.2, 0.25) is 0 Å². The summed E-state index contributed by atoms with van der Waals surface area (Å²) >= 11 is 0. The van der Waals surface area contributed by atoms with E-state index in [0.29, 0.717) is 26.2 Å². The van der Waals surface area contributed by atoms with Crippen molar-refractivity contribution >= 4 is 15.6 Å². The van der Waals surface area contributed by atoms with E-state index in [1.54, 1.807) is 43.6 Å². The molecule has 0 fully saturated rings. The fourth-order valence-electron chi connectivity index (χ4n) is 3.50. The standard InChI is InChI=1S/C22H22FN3O3S/c1-24-12-16-10-22(20-4-2-3-5-21(20)23)26(15-16)30(27,28)19-11-18(13-25-14-19)17-6-8-29-9-7-17/h2-6,10-11,13-15,24H,7-9,12H2,1H3. The van der Waals surface area contributed by atoms with Crippen LogP contribution in [0.5, 0.6) is 0 Å². The first-order chi connectivity index (χ1) is 14.5.